The molecule has 0 fully saturated rings. The minimum absolute atomic E-state index is 0.206. The number of ether oxygens (including phenoxy) is 3. The molecule has 3 rings (SSSR count). The predicted molar refractivity (Wildman–Crippen MR) is 114 cm³/mol. The first-order chi connectivity index (χ1) is 13.9. The van der Waals surface area contributed by atoms with Crippen molar-refractivity contribution >= 4 is 17.1 Å². The summed E-state index contributed by atoms with van der Waals surface area (Å²) in [5, 5.41) is 0. The molecule has 0 N–H and O–H groups in total. The molecular formula is C24H25O4S+. The van der Waals surface area contributed by atoms with E-state index in [1.54, 1.807) is 20.8 Å². The average Bonchev–Trinajstić information content (AvgIpc) is 2.69. The molecule has 0 aromatic heterocycles. The predicted octanol–water partition coefficient (Wildman–Crippen LogP) is 6.07. The molecule has 0 saturated heterocycles. The van der Waals surface area contributed by atoms with Crippen LogP contribution in [-0.4, -0.2) is 18.5 Å². The standard InChI is InChI=1S/C24H25O4S/c1-24(2,3)28-23(25)27-18-26-19-11-10-16-22(17-19)29(20-12-6-4-7-13-20)21-14-8-5-9-15-21/h4-17H,18H2,1-3H3/q+1. The Morgan fingerprint density at radius 2 is 1.34 bits per heavy atom. The van der Waals surface area contributed by atoms with Crippen LogP contribution in [0.25, 0.3) is 0 Å². The molecular weight excluding hydrogens is 384 g/mol. The SMILES string of the molecule is CC(C)(C)OC(=O)OCOc1cccc([S+](c2ccccc2)c2ccccc2)c1. The van der Waals surface area contributed by atoms with E-state index >= 15 is 0 Å². The number of carbonyl (C=O) groups is 1. The van der Waals surface area contributed by atoms with E-state index in [0.717, 1.165) is 4.90 Å². The van der Waals surface area contributed by atoms with Gasteiger partial charge in [0.05, 0.1) is 10.9 Å². The second-order valence-electron chi connectivity index (χ2n) is 7.28. The molecule has 0 aliphatic rings. The van der Waals surface area contributed by atoms with Gasteiger partial charge < -0.3 is 14.2 Å². The van der Waals surface area contributed by atoms with Crippen LogP contribution in [0.4, 0.5) is 4.79 Å². The largest absolute Gasteiger partial charge is 0.511 e. The van der Waals surface area contributed by atoms with Crippen LogP contribution in [0.2, 0.25) is 0 Å². The average molecular weight is 410 g/mol. The van der Waals surface area contributed by atoms with E-state index in [9.17, 15) is 4.79 Å². The number of carbonyl (C=O) groups excluding carboxylic acids is 1. The van der Waals surface area contributed by atoms with Gasteiger partial charge in [-0.15, -0.1) is 0 Å². The Morgan fingerprint density at radius 1 is 0.793 bits per heavy atom. The van der Waals surface area contributed by atoms with Crippen LogP contribution < -0.4 is 4.74 Å². The molecule has 3 aromatic carbocycles. The third-order valence-corrected chi connectivity index (χ3v) is 6.00. The minimum atomic E-state index is -0.748. The quantitative estimate of drug-likeness (QED) is 0.282. The maximum absolute atomic E-state index is 11.7. The van der Waals surface area contributed by atoms with Crippen molar-refractivity contribution in [2.24, 2.45) is 0 Å². The Balaban J connectivity index is 1.76. The zero-order valence-electron chi connectivity index (χ0n) is 16.8. The third kappa shape index (κ3) is 6.29. The number of benzene rings is 3. The second-order valence-corrected chi connectivity index (χ2v) is 9.30. The molecule has 0 atom stereocenters. The molecule has 5 heteroatoms. The molecule has 0 bridgehead atoms. The molecule has 0 aliphatic heterocycles. The normalized spacial score (nSPS) is 11.2. The van der Waals surface area contributed by atoms with Gasteiger partial charge >= 0.3 is 6.16 Å². The second kappa shape index (κ2) is 9.52. The van der Waals surface area contributed by atoms with E-state index < -0.39 is 11.8 Å². The van der Waals surface area contributed by atoms with Crippen molar-refractivity contribution in [1.82, 2.24) is 0 Å². The highest BCUT2D eigenvalue weighted by atomic mass is 32.2. The van der Waals surface area contributed by atoms with Crippen molar-refractivity contribution < 1.29 is 19.0 Å². The van der Waals surface area contributed by atoms with Crippen molar-refractivity contribution in [1.29, 1.82) is 0 Å². The smallest absolute Gasteiger partial charge is 0.457 e. The maximum atomic E-state index is 11.7. The van der Waals surface area contributed by atoms with Crippen molar-refractivity contribution in [2.75, 3.05) is 6.79 Å². The summed E-state index contributed by atoms with van der Waals surface area (Å²) in [5.74, 6) is 0.635. The van der Waals surface area contributed by atoms with E-state index in [2.05, 4.69) is 30.3 Å². The molecule has 0 spiro atoms. The Labute approximate surface area is 174 Å². The van der Waals surface area contributed by atoms with Gasteiger partial charge in [-0.2, -0.15) is 0 Å². The van der Waals surface area contributed by atoms with Gasteiger partial charge in [0.25, 0.3) is 0 Å². The lowest BCUT2D eigenvalue weighted by Crippen LogP contribution is -2.25. The lowest BCUT2D eigenvalue weighted by Gasteiger charge is -2.18. The molecule has 0 saturated carbocycles. The van der Waals surface area contributed by atoms with Crippen LogP contribution in [0.5, 0.6) is 5.75 Å². The Kier molecular flexibility index (Phi) is 6.83. The maximum Gasteiger partial charge on any atom is 0.511 e. The van der Waals surface area contributed by atoms with Crippen LogP contribution >= 0.6 is 0 Å². The van der Waals surface area contributed by atoms with Gasteiger partial charge in [-0.25, -0.2) is 4.79 Å². The summed E-state index contributed by atoms with van der Waals surface area (Å²) in [6.45, 7) is 5.15. The Bertz CT molecular complexity index is 881. The molecule has 0 radical (unpaired) electrons. The number of rotatable bonds is 6. The van der Waals surface area contributed by atoms with Crippen LogP contribution in [-0.2, 0) is 20.4 Å². The van der Waals surface area contributed by atoms with E-state index in [1.165, 1.54) is 9.79 Å². The minimum Gasteiger partial charge on any atom is -0.457 e. The lowest BCUT2D eigenvalue weighted by molar-refractivity contribution is -0.0361. The highest BCUT2D eigenvalue weighted by Gasteiger charge is 2.28. The summed E-state index contributed by atoms with van der Waals surface area (Å²) < 4.78 is 15.8. The van der Waals surface area contributed by atoms with Gasteiger partial charge in [0.2, 0.25) is 6.79 Å². The summed E-state index contributed by atoms with van der Waals surface area (Å²) in [6.07, 6.45) is -0.748. The highest BCUT2D eigenvalue weighted by molar-refractivity contribution is 7.97. The zero-order valence-corrected chi connectivity index (χ0v) is 17.6. The van der Waals surface area contributed by atoms with Gasteiger partial charge in [0.15, 0.2) is 14.7 Å². The van der Waals surface area contributed by atoms with Crippen molar-refractivity contribution in [3.63, 3.8) is 0 Å². The number of hydrogen-bond acceptors (Lipinski definition) is 4. The van der Waals surface area contributed by atoms with Crippen molar-refractivity contribution in [3.8, 4) is 5.75 Å². The van der Waals surface area contributed by atoms with Gasteiger partial charge in [-0.1, -0.05) is 42.5 Å². The fraction of sp³-hybridized carbons (Fsp3) is 0.208. The summed E-state index contributed by atoms with van der Waals surface area (Å²) in [7, 11) is -0.265. The fourth-order valence-electron chi connectivity index (χ4n) is 2.64. The van der Waals surface area contributed by atoms with Crippen LogP contribution in [0.15, 0.2) is 99.6 Å². The molecule has 3 aromatic rings. The Morgan fingerprint density at radius 3 is 1.90 bits per heavy atom. The van der Waals surface area contributed by atoms with Gasteiger partial charge in [-0.05, 0) is 57.2 Å². The van der Waals surface area contributed by atoms with E-state index in [4.69, 9.17) is 14.2 Å². The van der Waals surface area contributed by atoms with E-state index in [-0.39, 0.29) is 17.7 Å². The summed E-state index contributed by atoms with van der Waals surface area (Å²) in [6, 6.07) is 28.6. The Hall–Kier alpha value is -2.92. The zero-order chi connectivity index (χ0) is 20.7. The molecule has 0 aliphatic carbocycles. The lowest BCUT2D eigenvalue weighted by atomic mass is 10.2. The molecule has 0 heterocycles. The first-order valence-electron chi connectivity index (χ1n) is 9.35. The van der Waals surface area contributed by atoms with Gasteiger partial charge in [-0.3, -0.25) is 0 Å². The molecule has 4 nitrogen and oxygen atoms in total. The summed E-state index contributed by atoms with van der Waals surface area (Å²) >= 11 is 0. The fourth-order valence-corrected chi connectivity index (χ4v) is 4.76. The van der Waals surface area contributed by atoms with Gasteiger partial charge in [0.1, 0.15) is 11.4 Å². The van der Waals surface area contributed by atoms with Crippen LogP contribution in [0, 0.1) is 0 Å². The monoisotopic (exact) mass is 409 g/mol. The van der Waals surface area contributed by atoms with Crippen LogP contribution in [0.1, 0.15) is 20.8 Å². The van der Waals surface area contributed by atoms with E-state index in [1.807, 2.05) is 54.6 Å². The summed E-state index contributed by atoms with van der Waals surface area (Å²) in [4.78, 5) is 15.2. The molecule has 150 valence electrons. The highest BCUT2D eigenvalue weighted by Crippen LogP contribution is 2.32. The first-order valence-corrected chi connectivity index (χ1v) is 10.6. The van der Waals surface area contributed by atoms with Crippen molar-refractivity contribution in [3.05, 3.63) is 84.9 Å². The summed E-state index contributed by atoms with van der Waals surface area (Å²) in [5.41, 5.74) is -0.600. The molecule has 0 unspecified atom stereocenters. The van der Waals surface area contributed by atoms with E-state index in [0.29, 0.717) is 5.75 Å². The van der Waals surface area contributed by atoms with Crippen LogP contribution in [0.3, 0.4) is 0 Å². The van der Waals surface area contributed by atoms with Crippen molar-refractivity contribution in [2.45, 2.75) is 41.1 Å². The van der Waals surface area contributed by atoms with Gasteiger partial charge in [0, 0.05) is 6.07 Å². The number of hydrogen-bond donors (Lipinski definition) is 0. The molecule has 0 amide bonds. The third-order valence-electron chi connectivity index (χ3n) is 3.79. The first kappa shape index (κ1) is 20.8. The molecule has 29 heavy (non-hydrogen) atoms. The topological polar surface area (TPSA) is 44.8 Å².